The molecule has 102 valence electrons. The molecule has 1 saturated heterocycles. The van der Waals surface area contributed by atoms with Gasteiger partial charge < -0.3 is 14.6 Å². The van der Waals surface area contributed by atoms with Crippen molar-refractivity contribution < 1.29 is 4.74 Å². The van der Waals surface area contributed by atoms with Crippen LogP contribution in [-0.2, 0) is 17.8 Å². The molecule has 1 aliphatic rings. The van der Waals surface area contributed by atoms with Crippen molar-refractivity contribution in [1.82, 2.24) is 9.88 Å². The van der Waals surface area contributed by atoms with Gasteiger partial charge in [0, 0.05) is 25.0 Å². The maximum atomic E-state index is 6.06. The molecule has 1 aromatic rings. The number of rotatable bonds is 5. The van der Waals surface area contributed by atoms with Gasteiger partial charge in [-0.05, 0) is 51.8 Å². The van der Waals surface area contributed by atoms with Crippen molar-refractivity contribution in [2.75, 3.05) is 6.54 Å². The van der Waals surface area contributed by atoms with E-state index in [9.17, 15) is 0 Å². The summed E-state index contributed by atoms with van der Waals surface area (Å²) in [5, 5.41) is 3.38. The molecule has 1 aliphatic heterocycles. The average molecular weight is 250 g/mol. The van der Waals surface area contributed by atoms with Gasteiger partial charge in [0.2, 0.25) is 0 Å². The van der Waals surface area contributed by atoms with Crippen LogP contribution < -0.4 is 5.32 Å². The first-order valence-corrected chi connectivity index (χ1v) is 7.05. The molecule has 0 aromatic carbocycles. The van der Waals surface area contributed by atoms with Crippen molar-refractivity contribution in [3.63, 3.8) is 0 Å². The van der Waals surface area contributed by atoms with Gasteiger partial charge in [0.15, 0.2) is 0 Å². The smallest absolute Gasteiger partial charge is 0.0762 e. The van der Waals surface area contributed by atoms with E-state index in [0.717, 1.165) is 19.6 Å². The Bertz CT molecular complexity index is 395. The largest absolute Gasteiger partial charge is 0.370 e. The molecule has 3 heteroatoms. The van der Waals surface area contributed by atoms with Gasteiger partial charge in [-0.25, -0.2) is 0 Å². The van der Waals surface area contributed by atoms with Gasteiger partial charge >= 0.3 is 0 Å². The molecular weight excluding hydrogens is 224 g/mol. The van der Waals surface area contributed by atoms with Gasteiger partial charge in [-0.1, -0.05) is 6.92 Å². The van der Waals surface area contributed by atoms with Gasteiger partial charge in [-0.3, -0.25) is 0 Å². The lowest BCUT2D eigenvalue weighted by Crippen LogP contribution is -2.23. The molecule has 1 fully saturated rings. The van der Waals surface area contributed by atoms with Gasteiger partial charge in [-0.2, -0.15) is 0 Å². The number of hydrogen-bond donors (Lipinski definition) is 1. The van der Waals surface area contributed by atoms with Crippen molar-refractivity contribution in [2.24, 2.45) is 0 Å². The van der Waals surface area contributed by atoms with Crippen molar-refractivity contribution in [2.45, 2.75) is 65.3 Å². The summed E-state index contributed by atoms with van der Waals surface area (Å²) in [5.74, 6) is 0. The first-order chi connectivity index (χ1) is 8.52. The summed E-state index contributed by atoms with van der Waals surface area (Å²) in [7, 11) is 0. The highest BCUT2D eigenvalue weighted by Crippen LogP contribution is 2.30. The average Bonchev–Trinajstić information content (AvgIpc) is 2.82. The molecule has 2 heterocycles. The second-order valence-corrected chi connectivity index (χ2v) is 5.90. The van der Waals surface area contributed by atoms with Crippen LogP contribution in [0.1, 0.15) is 44.9 Å². The number of nitrogens with zero attached hydrogens (tertiary/aromatic N) is 1. The maximum Gasteiger partial charge on any atom is 0.0762 e. The van der Waals surface area contributed by atoms with Crippen LogP contribution in [0.2, 0.25) is 0 Å². The molecule has 0 spiro atoms. The third-order valence-corrected chi connectivity index (χ3v) is 3.87. The SMILES string of the molecule is CCNCc1ccn(CC2CCC(C)(C)O2)c1C. The van der Waals surface area contributed by atoms with Crippen LogP contribution in [0.4, 0.5) is 0 Å². The lowest BCUT2D eigenvalue weighted by molar-refractivity contribution is -0.0218. The number of hydrogen-bond acceptors (Lipinski definition) is 2. The van der Waals surface area contributed by atoms with Gasteiger partial charge in [0.05, 0.1) is 11.7 Å². The summed E-state index contributed by atoms with van der Waals surface area (Å²) < 4.78 is 8.39. The zero-order valence-electron chi connectivity index (χ0n) is 12.1. The molecule has 18 heavy (non-hydrogen) atoms. The summed E-state index contributed by atoms with van der Waals surface area (Å²) in [6.45, 7) is 11.7. The summed E-state index contributed by atoms with van der Waals surface area (Å²) in [6.07, 6.45) is 4.91. The van der Waals surface area contributed by atoms with Crippen LogP contribution in [0.25, 0.3) is 0 Å². The zero-order valence-corrected chi connectivity index (χ0v) is 12.1. The minimum Gasteiger partial charge on any atom is -0.370 e. The molecule has 3 nitrogen and oxygen atoms in total. The lowest BCUT2D eigenvalue weighted by atomic mass is 10.1. The Balaban J connectivity index is 1.96. The van der Waals surface area contributed by atoms with Crippen LogP contribution in [0.15, 0.2) is 12.3 Å². The molecular formula is C15H26N2O. The minimum atomic E-state index is 0.0678. The highest BCUT2D eigenvalue weighted by Gasteiger charge is 2.31. The first-order valence-electron chi connectivity index (χ1n) is 7.05. The van der Waals surface area contributed by atoms with E-state index in [-0.39, 0.29) is 5.60 Å². The highest BCUT2D eigenvalue weighted by atomic mass is 16.5. The minimum absolute atomic E-state index is 0.0678. The van der Waals surface area contributed by atoms with Crippen molar-refractivity contribution >= 4 is 0 Å². The second kappa shape index (κ2) is 5.45. The monoisotopic (exact) mass is 250 g/mol. The third kappa shape index (κ3) is 3.15. The number of nitrogens with one attached hydrogen (secondary N) is 1. The van der Waals surface area contributed by atoms with Gasteiger partial charge in [0.25, 0.3) is 0 Å². The van der Waals surface area contributed by atoms with Crippen LogP contribution in [0.5, 0.6) is 0 Å². The van der Waals surface area contributed by atoms with Gasteiger partial charge in [-0.15, -0.1) is 0 Å². The fourth-order valence-corrected chi connectivity index (χ4v) is 2.67. The Kier molecular flexibility index (Phi) is 4.13. The molecule has 1 aromatic heterocycles. The third-order valence-electron chi connectivity index (χ3n) is 3.87. The molecule has 0 radical (unpaired) electrons. The van der Waals surface area contributed by atoms with E-state index in [1.165, 1.54) is 24.1 Å². The molecule has 0 bridgehead atoms. The van der Waals surface area contributed by atoms with E-state index in [0.29, 0.717) is 6.10 Å². The quantitative estimate of drug-likeness (QED) is 0.869. The number of aromatic nitrogens is 1. The topological polar surface area (TPSA) is 26.2 Å². The van der Waals surface area contributed by atoms with Crippen molar-refractivity contribution in [3.05, 3.63) is 23.5 Å². The predicted octanol–water partition coefficient (Wildman–Crippen LogP) is 2.86. The second-order valence-electron chi connectivity index (χ2n) is 5.90. The molecule has 0 saturated carbocycles. The van der Waals surface area contributed by atoms with Crippen molar-refractivity contribution in [3.8, 4) is 0 Å². The molecule has 1 unspecified atom stereocenters. The van der Waals surface area contributed by atoms with E-state index >= 15 is 0 Å². The fourth-order valence-electron chi connectivity index (χ4n) is 2.67. The lowest BCUT2D eigenvalue weighted by Gasteiger charge is -2.20. The van der Waals surface area contributed by atoms with Gasteiger partial charge in [0.1, 0.15) is 0 Å². The van der Waals surface area contributed by atoms with E-state index in [1.807, 2.05) is 0 Å². The van der Waals surface area contributed by atoms with Crippen molar-refractivity contribution in [1.29, 1.82) is 0 Å². The zero-order chi connectivity index (χ0) is 13.2. The summed E-state index contributed by atoms with van der Waals surface area (Å²) in [4.78, 5) is 0. The van der Waals surface area contributed by atoms with Crippen LogP contribution in [-0.4, -0.2) is 22.8 Å². The molecule has 0 amide bonds. The summed E-state index contributed by atoms with van der Waals surface area (Å²) in [6, 6.07) is 2.22. The summed E-state index contributed by atoms with van der Waals surface area (Å²) >= 11 is 0. The maximum absolute atomic E-state index is 6.06. The Morgan fingerprint density at radius 2 is 2.28 bits per heavy atom. The number of ether oxygens (including phenoxy) is 1. The van der Waals surface area contributed by atoms with E-state index in [1.54, 1.807) is 0 Å². The predicted molar refractivity (Wildman–Crippen MR) is 74.7 cm³/mol. The van der Waals surface area contributed by atoms with E-state index < -0.39 is 0 Å². The van der Waals surface area contributed by atoms with Crippen LogP contribution in [0.3, 0.4) is 0 Å². The van der Waals surface area contributed by atoms with Crippen LogP contribution in [0, 0.1) is 6.92 Å². The van der Waals surface area contributed by atoms with E-state index in [2.05, 4.69) is 49.8 Å². The standard InChI is InChI=1S/C15H26N2O/c1-5-16-10-13-7-9-17(12(13)2)11-14-6-8-15(3,4)18-14/h7,9,14,16H,5-6,8,10-11H2,1-4H3. The van der Waals surface area contributed by atoms with E-state index in [4.69, 9.17) is 4.74 Å². The van der Waals surface area contributed by atoms with Crippen LogP contribution >= 0.6 is 0 Å². The Labute approximate surface area is 111 Å². The fraction of sp³-hybridized carbons (Fsp3) is 0.733. The Hall–Kier alpha value is -0.800. The molecule has 1 N–H and O–H groups in total. The highest BCUT2D eigenvalue weighted by molar-refractivity contribution is 5.21. The summed E-state index contributed by atoms with van der Waals surface area (Å²) in [5.41, 5.74) is 2.83. The Morgan fingerprint density at radius 3 is 2.89 bits per heavy atom. The first kappa shape index (κ1) is 13.6. The normalized spacial score (nSPS) is 22.6. The molecule has 2 rings (SSSR count). The Morgan fingerprint density at radius 1 is 1.50 bits per heavy atom. The molecule has 1 atom stereocenters. The molecule has 0 aliphatic carbocycles.